The molecule has 0 aliphatic carbocycles. The van der Waals surface area contributed by atoms with Gasteiger partial charge in [0.05, 0.1) is 19.6 Å². The summed E-state index contributed by atoms with van der Waals surface area (Å²) in [7, 11) is 0. The molecule has 2 aromatic heterocycles. The van der Waals surface area contributed by atoms with E-state index in [4.69, 9.17) is 15.2 Å². The van der Waals surface area contributed by atoms with Crippen LogP contribution in [0.4, 0.5) is 10.6 Å². The third kappa shape index (κ3) is 5.22. The molecule has 1 atom stereocenters. The number of likely N-dealkylation sites (N-methyl/N-ethyl adjacent to an activating group) is 1. The maximum atomic E-state index is 12.1. The van der Waals surface area contributed by atoms with Crippen molar-refractivity contribution in [2.75, 3.05) is 51.6 Å². The normalized spacial score (nSPS) is 18.2. The number of aliphatic hydroxyl groups excluding tert-OH is 1. The number of nitrogens with one attached hydrogen (secondary N) is 1. The Bertz CT molecular complexity index is 1210. The van der Waals surface area contributed by atoms with Gasteiger partial charge < -0.3 is 30.5 Å². The van der Waals surface area contributed by atoms with E-state index in [2.05, 4.69) is 37.0 Å². The lowest BCUT2D eigenvalue weighted by molar-refractivity contribution is -0.122. The standard InChI is InChI=1S/C22H28N8O5/c1-3-24-21(32)18-14(31)12-16(35-18)30-13-25-17-19(23)26-15(27-20(17)30)6-5-7-28-8-10-29(11-9-28)22(33)34-4-2/h13,16,31H,3-4,7-12H2,1-2H3,(H,24,32)(H2,23,26,27)/t16-/m1/s1. The summed E-state index contributed by atoms with van der Waals surface area (Å²) in [4.78, 5) is 40.7. The zero-order chi connectivity index (χ0) is 24.9. The van der Waals surface area contributed by atoms with Crippen molar-refractivity contribution >= 4 is 29.0 Å². The molecule has 0 aromatic carbocycles. The van der Waals surface area contributed by atoms with E-state index in [1.165, 1.54) is 6.33 Å². The number of hydrogen-bond acceptors (Lipinski definition) is 10. The van der Waals surface area contributed by atoms with Crippen LogP contribution in [-0.2, 0) is 14.3 Å². The number of imidazole rings is 1. The Kier molecular flexibility index (Phi) is 7.21. The summed E-state index contributed by atoms with van der Waals surface area (Å²) >= 11 is 0. The number of hydrogen-bond donors (Lipinski definition) is 3. The summed E-state index contributed by atoms with van der Waals surface area (Å²) in [6, 6.07) is 0. The van der Waals surface area contributed by atoms with Crippen molar-refractivity contribution in [3.63, 3.8) is 0 Å². The first-order chi connectivity index (χ1) is 16.9. The molecule has 13 heteroatoms. The molecule has 186 valence electrons. The molecular weight excluding hydrogens is 456 g/mol. The van der Waals surface area contributed by atoms with Crippen LogP contribution in [0.15, 0.2) is 17.8 Å². The van der Waals surface area contributed by atoms with E-state index < -0.39 is 12.1 Å². The summed E-state index contributed by atoms with van der Waals surface area (Å²) in [5, 5.41) is 12.8. The molecule has 2 aliphatic rings. The van der Waals surface area contributed by atoms with Crippen molar-refractivity contribution in [3.8, 4) is 11.8 Å². The number of ether oxygens (including phenoxy) is 2. The number of anilines is 1. The minimum absolute atomic E-state index is 0.0840. The van der Waals surface area contributed by atoms with Gasteiger partial charge in [0.15, 0.2) is 17.7 Å². The van der Waals surface area contributed by atoms with Gasteiger partial charge in [0.1, 0.15) is 17.6 Å². The molecule has 2 amide bonds. The molecule has 35 heavy (non-hydrogen) atoms. The van der Waals surface area contributed by atoms with E-state index in [0.29, 0.717) is 57.0 Å². The molecule has 0 spiro atoms. The van der Waals surface area contributed by atoms with Gasteiger partial charge in [-0.25, -0.2) is 19.7 Å². The number of nitrogens with two attached hydrogens (primary N) is 1. The number of carbonyl (C=O) groups is 2. The summed E-state index contributed by atoms with van der Waals surface area (Å²) in [6.07, 6.45) is 0.568. The van der Waals surface area contributed by atoms with E-state index in [1.807, 2.05) is 0 Å². The predicted molar refractivity (Wildman–Crippen MR) is 125 cm³/mol. The lowest BCUT2D eigenvalue weighted by Gasteiger charge is -2.32. The third-order valence-electron chi connectivity index (χ3n) is 5.59. The number of rotatable bonds is 5. The van der Waals surface area contributed by atoms with Gasteiger partial charge in [-0.15, -0.1) is 0 Å². The minimum atomic E-state index is -0.705. The Labute approximate surface area is 201 Å². The van der Waals surface area contributed by atoms with Crippen LogP contribution in [0.5, 0.6) is 0 Å². The van der Waals surface area contributed by atoms with Crippen LogP contribution in [0.25, 0.3) is 11.2 Å². The zero-order valence-corrected chi connectivity index (χ0v) is 19.7. The fraction of sp³-hybridized carbons (Fsp3) is 0.500. The average Bonchev–Trinajstić information content (AvgIpc) is 3.43. The first-order valence-corrected chi connectivity index (χ1v) is 11.4. The molecule has 2 aromatic rings. The molecule has 4 rings (SSSR count). The first kappa shape index (κ1) is 24.1. The average molecular weight is 485 g/mol. The molecule has 4 N–H and O–H groups in total. The molecule has 2 aliphatic heterocycles. The van der Waals surface area contributed by atoms with Gasteiger partial charge >= 0.3 is 6.09 Å². The van der Waals surface area contributed by atoms with Gasteiger partial charge in [0.25, 0.3) is 5.91 Å². The highest BCUT2D eigenvalue weighted by atomic mass is 16.6. The van der Waals surface area contributed by atoms with Crippen molar-refractivity contribution in [2.24, 2.45) is 0 Å². The smallest absolute Gasteiger partial charge is 0.409 e. The minimum Gasteiger partial charge on any atom is -0.508 e. The Balaban J connectivity index is 1.44. The number of amides is 2. The molecule has 0 unspecified atom stereocenters. The fourth-order valence-corrected chi connectivity index (χ4v) is 3.82. The van der Waals surface area contributed by atoms with Gasteiger partial charge in [0, 0.05) is 32.7 Å². The van der Waals surface area contributed by atoms with Gasteiger partial charge in [-0.1, -0.05) is 5.92 Å². The number of piperazine rings is 1. The Morgan fingerprint density at radius 1 is 1.29 bits per heavy atom. The van der Waals surface area contributed by atoms with Gasteiger partial charge in [-0.3, -0.25) is 14.3 Å². The van der Waals surface area contributed by atoms with E-state index in [-0.39, 0.29) is 35.7 Å². The van der Waals surface area contributed by atoms with Crippen molar-refractivity contribution in [2.45, 2.75) is 26.5 Å². The van der Waals surface area contributed by atoms with Crippen molar-refractivity contribution in [1.29, 1.82) is 0 Å². The SMILES string of the molecule is CCNC(=O)C1=C(O)C[C@H](n2cnc3c(N)nc(C#CCN4CCN(C(=O)OCC)CC4)nc32)O1. The Hall–Kier alpha value is -4.05. The predicted octanol–water partition coefficient (Wildman–Crippen LogP) is 0.359. The van der Waals surface area contributed by atoms with Crippen LogP contribution in [0.1, 0.15) is 32.3 Å². The third-order valence-corrected chi connectivity index (χ3v) is 5.59. The topological polar surface area (TPSA) is 161 Å². The lowest BCUT2D eigenvalue weighted by atomic mass is 10.3. The monoisotopic (exact) mass is 484 g/mol. The van der Waals surface area contributed by atoms with Crippen molar-refractivity contribution in [3.05, 3.63) is 23.7 Å². The largest absolute Gasteiger partial charge is 0.508 e. The van der Waals surface area contributed by atoms with Crippen LogP contribution in [0.2, 0.25) is 0 Å². The molecule has 4 heterocycles. The molecule has 0 radical (unpaired) electrons. The molecule has 0 bridgehead atoms. The van der Waals surface area contributed by atoms with Crippen LogP contribution < -0.4 is 11.1 Å². The highest BCUT2D eigenvalue weighted by molar-refractivity contribution is 5.92. The van der Waals surface area contributed by atoms with Crippen LogP contribution >= 0.6 is 0 Å². The van der Waals surface area contributed by atoms with Gasteiger partial charge in [-0.05, 0) is 19.8 Å². The van der Waals surface area contributed by atoms with E-state index >= 15 is 0 Å². The van der Waals surface area contributed by atoms with Crippen molar-refractivity contribution in [1.82, 2.24) is 34.6 Å². The highest BCUT2D eigenvalue weighted by Crippen LogP contribution is 2.33. The summed E-state index contributed by atoms with van der Waals surface area (Å²) in [5.74, 6) is 5.63. The highest BCUT2D eigenvalue weighted by Gasteiger charge is 2.32. The number of fused-ring (bicyclic) bond motifs is 1. The fourth-order valence-electron chi connectivity index (χ4n) is 3.82. The lowest BCUT2D eigenvalue weighted by Crippen LogP contribution is -2.48. The van der Waals surface area contributed by atoms with E-state index in [9.17, 15) is 14.7 Å². The first-order valence-electron chi connectivity index (χ1n) is 11.4. The van der Waals surface area contributed by atoms with E-state index in [1.54, 1.807) is 23.3 Å². The molecule has 0 saturated carbocycles. The van der Waals surface area contributed by atoms with Crippen molar-refractivity contribution < 1.29 is 24.2 Å². The second-order valence-corrected chi connectivity index (χ2v) is 7.93. The van der Waals surface area contributed by atoms with Crippen LogP contribution in [0.3, 0.4) is 0 Å². The molecular formula is C22H28N8O5. The molecule has 1 fully saturated rings. The van der Waals surface area contributed by atoms with Gasteiger partial charge in [-0.2, -0.15) is 0 Å². The zero-order valence-electron chi connectivity index (χ0n) is 19.7. The van der Waals surface area contributed by atoms with E-state index in [0.717, 1.165) is 0 Å². The maximum absolute atomic E-state index is 12.1. The summed E-state index contributed by atoms with van der Waals surface area (Å²) in [5.41, 5.74) is 6.84. The number of nitrogen functional groups attached to an aromatic ring is 1. The second-order valence-electron chi connectivity index (χ2n) is 7.93. The number of aromatic nitrogens is 4. The summed E-state index contributed by atoms with van der Waals surface area (Å²) in [6.45, 7) is 7.34. The number of aliphatic hydroxyl groups is 1. The van der Waals surface area contributed by atoms with Crippen LogP contribution in [0, 0.1) is 11.8 Å². The molecule has 1 saturated heterocycles. The van der Waals surface area contributed by atoms with Gasteiger partial charge in [0.2, 0.25) is 11.6 Å². The number of carbonyl (C=O) groups excluding carboxylic acids is 2. The molecule has 13 nitrogen and oxygen atoms in total. The second kappa shape index (κ2) is 10.5. The summed E-state index contributed by atoms with van der Waals surface area (Å²) < 4.78 is 12.3. The Morgan fingerprint density at radius 2 is 2.06 bits per heavy atom. The Morgan fingerprint density at radius 3 is 2.77 bits per heavy atom. The quantitative estimate of drug-likeness (QED) is 0.505. The number of nitrogens with zero attached hydrogens (tertiary/aromatic N) is 6. The van der Waals surface area contributed by atoms with Crippen LogP contribution in [-0.4, -0.2) is 92.3 Å². The maximum Gasteiger partial charge on any atom is 0.409 e.